The maximum Gasteiger partial charge on any atom is 0.307 e. The number of aliphatic carboxylic acids is 1. The lowest BCUT2D eigenvalue weighted by atomic mass is 9.89. The Morgan fingerprint density at radius 2 is 1.95 bits per heavy atom. The van der Waals surface area contributed by atoms with E-state index in [9.17, 15) is 9.59 Å². The van der Waals surface area contributed by atoms with Gasteiger partial charge in [-0.15, -0.1) is 0 Å². The Kier molecular flexibility index (Phi) is 5.16. The summed E-state index contributed by atoms with van der Waals surface area (Å²) in [7, 11) is 0. The summed E-state index contributed by atoms with van der Waals surface area (Å²) < 4.78 is 0. The number of carbonyl (C=O) groups excluding carboxylic acids is 1. The molecular formula is C16H21NO3. The molecule has 0 aliphatic heterocycles. The average molecular weight is 275 g/mol. The molecule has 0 heterocycles. The van der Waals surface area contributed by atoms with E-state index < -0.39 is 5.97 Å². The minimum Gasteiger partial charge on any atom is -0.481 e. The van der Waals surface area contributed by atoms with Crippen molar-refractivity contribution in [3.63, 3.8) is 0 Å². The van der Waals surface area contributed by atoms with Crippen LogP contribution in [0, 0.1) is 5.92 Å². The molecular weight excluding hydrogens is 254 g/mol. The van der Waals surface area contributed by atoms with Crippen LogP contribution in [0.3, 0.4) is 0 Å². The van der Waals surface area contributed by atoms with E-state index in [4.69, 9.17) is 5.11 Å². The van der Waals surface area contributed by atoms with Crippen molar-refractivity contribution in [2.45, 2.75) is 38.5 Å². The standard InChI is InChI=1S/C16H21NO3/c18-15(19)10-13-7-4-8-14(9-13)16(20)17-11-12-5-2-1-3-6-12/h4,7-9,12H,1-3,5-6,10-11H2,(H,17,20)(H,18,19). The van der Waals surface area contributed by atoms with Gasteiger partial charge in [-0.2, -0.15) is 0 Å². The Hall–Kier alpha value is -1.84. The topological polar surface area (TPSA) is 66.4 Å². The molecule has 0 radical (unpaired) electrons. The fourth-order valence-corrected chi connectivity index (χ4v) is 2.73. The number of carboxylic acids is 1. The highest BCUT2D eigenvalue weighted by Crippen LogP contribution is 2.22. The van der Waals surface area contributed by atoms with Gasteiger partial charge in [-0.25, -0.2) is 0 Å². The lowest BCUT2D eigenvalue weighted by Gasteiger charge is -2.21. The summed E-state index contributed by atoms with van der Waals surface area (Å²) in [6, 6.07) is 6.84. The third-order valence-corrected chi connectivity index (χ3v) is 3.82. The fraction of sp³-hybridized carbons (Fsp3) is 0.500. The van der Waals surface area contributed by atoms with Crippen molar-refractivity contribution in [2.24, 2.45) is 5.92 Å². The van der Waals surface area contributed by atoms with Crippen LogP contribution in [0.25, 0.3) is 0 Å². The normalized spacial score (nSPS) is 15.8. The maximum atomic E-state index is 12.1. The number of benzene rings is 1. The molecule has 108 valence electrons. The quantitative estimate of drug-likeness (QED) is 0.868. The number of carbonyl (C=O) groups is 2. The number of hydrogen-bond donors (Lipinski definition) is 2. The second kappa shape index (κ2) is 7.08. The maximum absolute atomic E-state index is 12.1. The summed E-state index contributed by atoms with van der Waals surface area (Å²) in [6.45, 7) is 0.724. The summed E-state index contributed by atoms with van der Waals surface area (Å²) in [4.78, 5) is 22.7. The second-order valence-corrected chi connectivity index (χ2v) is 5.48. The molecule has 0 bridgehead atoms. The minimum atomic E-state index is -0.884. The lowest BCUT2D eigenvalue weighted by Crippen LogP contribution is -2.30. The van der Waals surface area contributed by atoms with Gasteiger partial charge < -0.3 is 10.4 Å². The minimum absolute atomic E-state index is 0.0518. The number of nitrogens with one attached hydrogen (secondary N) is 1. The van der Waals surface area contributed by atoms with Crippen LogP contribution in [0.15, 0.2) is 24.3 Å². The molecule has 1 saturated carbocycles. The predicted octanol–water partition coefficient (Wildman–Crippen LogP) is 2.62. The number of hydrogen-bond acceptors (Lipinski definition) is 2. The summed E-state index contributed by atoms with van der Waals surface area (Å²) in [5, 5.41) is 11.7. The molecule has 4 heteroatoms. The first-order valence-corrected chi connectivity index (χ1v) is 7.24. The number of amides is 1. The monoisotopic (exact) mass is 275 g/mol. The summed E-state index contributed by atoms with van der Waals surface area (Å²) >= 11 is 0. The molecule has 0 atom stereocenters. The Balaban J connectivity index is 1.89. The van der Waals surface area contributed by atoms with E-state index in [0.717, 1.165) is 6.54 Å². The molecule has 4 nitrogen and oxygen atoms in total. The lowest BCUT2D eigenvalue weighted by molar-refractivity contribution is -0.136. The van der Waals surface area contributed by atoms with Crippen molar-refractivity contribution in [1.82, 2.24) is 5.32 Å². The van der Waals surface area contributed by atoms with Gasteiger partial charge in [0, 0.05) is 12.1 Å². The van der Waals surface area contributed by atoms with Crippen LogP contribution in [0.4, 0.5) is 0 Å². The molecule has 0 unspecified atom stereocenters. The van der Waals surface area contributed by atoms with Gasteiger partial charge in [0.15, 0.2) is 0 Å². The van der Waals surface area contributed by atoms with Gasteiger partial charge in [0.1, 0.15) is 0 Å². The summed E-state index contributed by atoms with van der Waals surface area (Å²) in [5.41, 5.74) is 1.20. The van der Waals surface area contributed by atoms with E-state index in [0.29, 0.717) is 17.0 Å². The molecule has 1 aromatic carbocycles. The zero-order valence-corrected chi connectivity index (χ0v) is 11.6. The van der Waals surface area contributed by atoms with Gasteiger partial charge >= 0.3 is 5.97 Å². The SMILES string of the molecule is O=C(O)Cc1cccc(C(=O)NCC2CCCCC2)c1. The van der Waals surface area contributed by atoms with E-state index in [-0.39, 0.29) is 12.3 Å². The third kappa shape index (κ3) is 4.37. The molecule has 0 aromatic heterocycles. The smallest absolute Gasteiger partial charge is 0.307 e. The molecule has 20 heavy (non-hydrogen) atoms. The molecule has 1 aliphatic carbocycles. The van der Waals surface area contributed by atoms with Crippen molar-refractivity contribution in [3.8, 4) is 0 Å². The van der Waals surface area contributed by atoms with E-state index in [2.05, 4.69) is 5.32 Å². The molecule has 1 fully saturated rings. The highest BCUT2D eigenvalue weighted by molar-refractivity contribution is 5.94. The van der Waals surface area contributed by atoms with Crippen LogP contribution in [-0.2, 0) is 11.2 Å². The molecule has 1 aliphatic rings. The average Bonchev–Trinajstić information content (AvgIpc) is 2.45. The van der Waals surface area contributed by atoms with Gasteiger partial charge in [0.25, 0.3) is 5.91 Å². The van der Waals surface area contributed by atoms with E-state index in [1.165, 1.54) is 32.1 Å². The molecule has 0 spiro atoms. The van der Waals surface area contributed by atoms with Gasteiger partial charge in [0.05, 0.1) is 6.42 Å². The van der Waals surface area contributed by atoms with Crippen LogP contribution in [-0.4, -0.2) is 23.5 Å². The molecule has 2 N–H and O–H groups in total. The van der Waals surface area contributed by atoms with Crippen LogP contribution in [0.2, 0.25) is 0 Å². The van der Waals surface area contributed by atoms with Crippen molar-refractivity contribution < 1.29 is 14.7 Å². The van der Waals surface area contributed by atoms with Gasteiger partial charge in [-0.1, -0.05) is 31.4 Å². The first-order valence-electron chi connectivity index (χ1n) is 7.24. The van der Waals surface area contributed by atoms with Crippen LogP contribution in [0.5, 0.6) is 0 Å². The Bertz CT molecular complexity index is 478. The number of carboxylic acid groups (broad SMARTS) is 1. The van der Waals surface area contributed by atoms with Crippen molar-refractivity contribution in [3.05, 3.63) is 35.4 Å². The van der Waals surface area contributed by atoms with Crippen molar-refractivity contribution in [2.75, 3.05) is 6.54 Å². The van der Waals surface area contributed by atoms with E-state index in [1.807, 2.05) is 0 Å². The zero-order chi connectivity index (χ0) is 14.4. The Morgan fingerprint density at radius 3 is 2.65 bits per heavy atom. The summed E-state index contributed by atoms with van der Waals surface area (Å²) in [5.74, 6) is -0.400. The highest BCUT2D eigenvalue weighted by Gasteiger charge is 2.15. The van der Waals surface area contributed by atoms with Crippen molar-refractivity contribution >= 4 is 11.9 Å². The van der Waals surface area contributed by atoms with Crippen LogP contribution in [0.1, 0.15) is 48.0 Å². The molecule has 1 aromatic rings. The molecule has 2 rings (SSSR count). The summed E-state index contributed by atoms with van der Waals surface area (Å²) in [6.07, 6.45) is 6.16. The van der Waals surface area contributed by atoms with Gasteiger partial charge in [-0.3, -0.25) is 9.59 Å². The number of rotatable bonds is 5. The van der Waals surface area contributed by atoms with Crippen LogP contribution < -0.4 is 5.32 Å². The Morgan fingerprint density at radius 1 is 1.20 bits per heavy atom. The fourth-order valence-electron chi connectivity index (χ4n) is 2.73. The largest absolute Gasteiger partial charge is 0.481 e. The zero-order valence-electron chi connectivity index (χ0n) is 11.6. The van der Waals surface area contributed by atoms with E-state index in [1.54, 1.807) is 24.3 Å². The predicted molar refractivity (Wildman–Crippen MR) is 76.7 cm³/mol. The second-order valence-electron chi connectivity index (χ2n) is 5.48. The Labute approximate surface area is 119 Å². The molecule has 0 saturated heterocycles. The first kappa shape index (κ1) is 14.6. The third-order valence-electron chi connectivity index (χ3n) is 3.82. The van der Waals surface area contributed by atoms with Gasteiger partial charge in [0.2, 0.25) is 0 Å². The first-order chi connectivity index (χ1) is 9.65. The van der Waals surface area contributed by atoms with Gasteiger partial charge in [-0.05, 0) is 36.5 Å². The van der Waals surface area contributed by atoms with Crippen LogP contribution >= 0.6 is 0 Å². The highest BCUT2D eigenvalue weighted by atomic mass is 16.4. The van der Waals surface area contributed by atoms with E-state index >= 15 is 0 Å². The van der Waals surface area contributed by atoms with Crippen molar-refractivity contribution in [1.29, 1.82) is 0 Å². The molecule has 1 amide bonds.